The van der Waals surface area contributed by atoms with Gasteiger partial charge in [0.1, 0.15) is 5.75 Å². The number of aryl methyl sites for hydroxylation is 2. The van der Waals surface area contributed by atoms with Crippen LogP contribution in [0.25, 0.3) is 0 Å². The van der Waals surface area contributed by atoms with Crippen molar-refractivity contribution in [2.24, 2.45) is 0 Å². The van der Waals surface area contributed by atoms with E-state index in [2.05, 4.69) is 38.2 Å². The van der Waals surface area contributed by atoms with Gasteiger partial charge in [-0.3, -0.25) is 0 Å². The molecule has 0 aliphatic carbocycles. The van der Waals surface area contributed by atoms with Crippen molar-refractivity contribution in [2.45, 2.75) is 33.2 Å². The molecule has 1 rings (SSSR count). The monoisotopic (exact) mass is 251 g/mol. The van der Waals surface area contributed by atoms with E-state index in [0.717, 1.165) is 25.3 Å². The van der Waals surface area contributed by atoms with Gasteiger partial charge in [0.15, 0.2) is 0 Å². The first-order valence-corrected chi connectivity index (χ1v) is 6.45. The summed E-state index contributed by atoms with van der Waals surface area (Å²) in [4.78, 5) is 0. The van der Waals surface area contributed by atoms with Crippen molar-refractivity contribution in [2.75, 3.05) is 27.4 Å². The summed E-state index contributed by atoms with van der Waals surface area (Å²) in [5.74, 6) is 0.939. The van der Waals surface area contributed by atoms with E-state index in [9.17, 15) is 0 Å². The van der Waals surface area contributed by atoms with E-state index >= 15 is 0 Å². The van der Waals surface area contributed by atoms with Crippen molar-refractivity contribution in [3.8, 4) is 5.75 Å². The highest BCUT2D eigenvalue weighted by molar-refractivity contribution is 5.41. The van der Waals surface area contributed by atoms with Crippen LogP contribution >= 0.6 is 0 Å². The molecule has 0 spiro atoms. The van der Waals surface area contributed by atoms with Gasteiger partial charge in [-0.2, -0.15) is 0 Å². The third-order valence-corrected chi connectivity index (χ3v) is 3.21. The molecule has 102 valence electrons. The van der Waals surface area contributed by atoms with Gasteiger partial charge in [-0.1, -0.05) is 0 Å². The molecule has 0 aliphatic rings. The van der Waals surface area contributed by atoms with Crippen LogP contribution in [0, 0.1) is 13.8 Å². The van der Waals surface area contributed by atoms with Gasteiger partial charge in [0, 0.05) is 19.7 Å². The van der Waals surface area contributed by atoms with Crippen LogP contribution < -0.4 is 10.1 Å². The van der Waals surface area contributed by atoms with E-state index in [1.807, 2.05) is 0 Å². The molecule has 0 bridgehead atoms. The summed E-state index contributed by atoms with van der Waals surface area (Å²) in [5.41, 5.74) is 4.01. The first-order chi connectivity index (χ1) is 8.58. The Labute approximate surface area is 110 Å². The number of nitrogens with one attached hydrogen (secondary N) is 1. The minimum absolute atomic E-state index is 0.450. The molecule has 1 aromatic rings. The maximum Gasteiger partial charge on any atom is 0.119 e. The van der Waals surface area contributed by atoms with Gasteiger partial charge in [0.2, 0.25) is 0 Å². The summed E-state index contributed by atoms with van der Waals surface area (Å²) in [5, 5.41) is 3.46. The predicted molar refractivity (Wildman–Crippen MR) is 75.5 cm³/mol. The lowest BCUT2D eigenvalue weighted by molar-refractivity contribution is 0.196. The van der Waals surface area contributed by atoms with Crippen molar-refractivity contribution in [3.63, 3.8) is 0 Å². The zero-order valence-corrected chi connectivity index (χ0v) is 12.2. The zero-order chi connectivity index (χ0) is 13.5. The Hall–Kier alpha value is -1.06. The molecule has 0 heterocycles. The van der Waals surface area contributed by atoms with Crippen molar-refractivity contribution in [3.05, 3.63) is 28.8 Å². The normalized spacial score (nSPS) is 12.5. The molecule has 18 heavy (non-hydrogen) atoms. The molecule has 0 fully saturated rings. The van der Waals surface area contributed by atoms with E-state index in [1.54, 1.807) is 14.2 Å². The number of rotatable bonds is 7. The van der Waals surface area contributed by atoms with Gasteiger partial charge in [-0.15, -0.1) is 0 Å². The first kappa shape index (κ1) is 15.0. The van der Waals surface area contributed by atoms with Gasteiger partial charge in [-0.25, -0.2) is 0 Å². The Balaban J connectivity index is 2.66. The summed E-state index contributed by atoms with van der Waals surface area (Å²) < 4.78 is 10.3. The van der Waals surface area contributed by atoms with E-state index < -0.39 is 0 Å². The standard InChI is InChI=1S/C15H25NO2/c1-11-8-14(18-5)9-12(2)15(11)10-13(3)16-6-7-17-4/h8-9,13,16H,6-7,10H2,1-5H3. The van der Waals surface area contributed by atoms with Gasteiger partial charge in [0.25, 0.3) is 0 Å². The topological polar surface area (TPSA) is 30.5 Å². The summed E-state index contributed by atoms with van der Waals surface area (Å²) in [7, 11) is 3.44. The minimum Gasteiger partial charge on any atom is -0.497 e. The molecular weight excluding hydrogens is 226 g/mol. The molecule has 0 aromatic heterocycles. The fourth-order valence-electron chi connectivity index (χ4n) is 2.18. The van der Waals surface area contributed by atoms with Gasteiger partial charge in [0.05, 0.1) is 13.7 Å². The Morgan fingerprint density at radius 2 is 1.78 bits per heavy atom. The van der Waals surface area contributed by atoms with Crippen molar-refractivity contribution >= 4 is 0 Å². The molecule has 0 saturated carbocycles. The number of hydrogen-bond donors (Lipinski definition) is 1. The number of benzene rings is 1. The average Bonchev–Trinajstić information content (AvgIpc) is 2.34. The predicted octanol–water partition coefficient (Wildman–Crippen LogP) is 2.48. The number of methoxy groups -OCH3 is 2. The summed E-state index contributed by atoms with van der Waals surface area (Å²) >= 11 is 0. The summed E-state index contributed by atoms with van der Waals surface area (Å²) in [6.07, 6.45) is 1.03. The van der Waals surface area contributed by atoms with E-state index in [4.69, 9.17) is 9.47 Å². The van der Waals surface area contributed by atoms with Crippen LogP contribution in [0.2, 0.25) is 0 Å². The highest BCUT2D eigenvalue weighted by Crippen LogP contribution is 2.22. The number of hydrogen-bond acceptors (Lipinski definition) is 3. The zero-order valence-electron chi connectivity index (χ0n) is 12.2. The highest BCUT2D eigenvalue weighted by atomic mass is 16.5. The smallest absolute Gasteiger partial charge is 0.119 e. The molecule has 0 amide bonds. The molecule has 3 heteroatoms. The lowest BCUT2D eigenvalue weighted by Gasteiger charge is -2.18. The third kappa shape index (κ3) is 4.31. The van der Waals surface area contributed by atoms with Crippen LogP contribution in [0.5, 0.6) is 5.75 Å². The molecular formula is C15H25NO2. The molecule has 1 N–H and O–H groups in total. The Kier molecular flexibility index (Phi) is 6.16. The van der Waals surface area contributed by atoms with Crippen LogP contribution in [-0.2, 0) is 11.2 Å². The van der Waals surface area contributed by atoms with Crippen molar-refractivity contribution in [1.29, 1.82) is 0 Å². The van der Waals surface area contributed by atoms with Crippen LogP contribution in [0.3, 0.4) is 0 Å². The summed E-state index contributed by atoms with van der Waals surface area (Å²) in [6, 6.07) is 4.65. The molecule has 1 unspecified atom stereocenters. The van der Waals surface area contributed by atoms with Gasteiger partial charge in [-0.05, 0) is 56.0 Å². The Morgan fingerprint density at radius 3 is 2.28 bits per heavy atom. The first-order valence-electron chi connectivity index (χ1n) is 6.45. The third-order valence-electron chi connectivity index (χ3n) is 3.21. The highest BCUT2D eigenvalue weighted by Gasteiger charge is 2.09. The summed E-state index contributed by atoms with van der Waals surface area (Å²) in [6.45, 7) is 8.15. The largest absolute Gasteiger partial charge is 0.497 e. The van der Waals surface area contributed by atoms with Crippen LogP contribution in [-0.4, -0.2) is 33.4 Å². The quantitative estimate of drug-likeness (QED) is 0.755. The lowest BCUT2D eigenvalue weighted by atomic mass is 9.96. The second kappa shape index (κ2) is 7.39. The average molecular weight is 251 g/mol. The van der Waals surface area contributed by atoms with Crippen LogP contribution in [0.15, 0.2) is 12.1 Å². The molecule has 1 atom stereocenters. The van der Waals surface area contributed by atoms with Crippen molar-refractivity contribution in [1.82, 2.24) is 5.32 Å². The van der Waals surface area contributed by atoms with Crippen LogP contribution in [0.1, 0.15) is 23.6 Å². The maximum absolute atomic E-state index is 5.28. The SMILES string of the molecule is COCCNC(C)Cc1c(C)cc(OC)cc1C. The van der Waals surface area contributed by atoms with Gasteiger partial charge < -0.3 is 14.8 Å². The maximum atomic E-state index is 5.28. The van der Waals surface area contributed by atoms with Gasteiger partial charge >= 0.3 is 0 Å². The van der Waals surface area contributed by atoms with E-state index in [-0.39, 0.29) is 0 Å². The van der Waals surface area contributed by atoms with E-state index in [0.29, 0.717) is 6.04 Å². The van der Waals surface area contributed by atoms with E-state index in [1.165, 1.54) is 16.7 Å². The number of ether oxygens (including phenoxy) is 2. The molecule has 0 aliphatic heterocycles. The molecule has 0 saturated heterocycles. The molecule has 1 aromatic carbocycles. The Morgan fingerprint density at radius 1 is 1.17 bits per heavy atom. The van der Waals surface area contributed by atoms with Crippen LogP contribution in [0.4, 0.5) is 0 Å². The molecule has 0 radical (unpaired) electrons. The fourth-order valence-corrected chi connectivity index (χ4v) is 2.18. The second-order valence-electron chi connectivity index (χ2n) is 4.79. The van der Waals surface area contributed by atoms with Crippen molar-refractivity contribution < 1.29 is 9.47 Å². The Bertz CT molecular complexity index is 354. The fraction of sp³-hybridized carbons (Fsp3) is 0.600. The lowest BCUT2D eigenvalue weighted by Crippen LogP contribution is -2.31. The minimum atomic E-state index is 0.450. The second-order valence-corrected chi connectivity index (χ2v) is 4.79. The molecule has 3 nitrogen and oxygen atoms in total.